The number of imidazole rings is 1. The van der Waals surface area contributed by atoms with Gasteiger partial charge >= 0.3 is 5.69 Å². The third kappa shape index (κ3) is 6.69. The molecule has 4 aromatic heterocycles. The second-order valence-electron chi connectivity index (χ2n) is 16.0. The van der Waals surface area contributed by atoms with Crippen molar-refractivity contribution < 1.29 is 18.1 Å². The standard InChI is InChI=1S/C45H48FN9O4S/c1-6-60(47,58)37-10-8-34(9-11-37)52-19-20-53(45(52)57)43-41-30(4)51(18-14-38(41)49-55(43)36-23-28(2)42(46)29(3)24-36)44(56)40-26-33-25-32(31-15-21-59-22-16-31)7-12-39(33)54(40)27-35-13-17-48-50(35)5/h7-13,17,19-20,23-26,30-31,47H,6,14-16,18,21-22,27H2,1-5H3/t30-,60?/m0/s1. The molecule has 7 aromatic rings. The number of nitrogens with zero attached hydrogens (tertiary/aromatic N) is 8. The van der Waals surface area contributed by atoms with E-state index in [1.54, 1.807) is 80.4 Å². The van der Waals surface area contributed by atoms with Crippen molar-refractivity contribution in [1.82, 2.24) is 38.2 Å². The third-order valence-corrected chi connectivity index (χ3v) is 14.2. The van der Waals surface area contributed by atoms with Gasteiger partial charge in [-0.1, -0.05) is 13.0 Å². The number of aromatic nitrogens is 7. The first-order valence-corrected chi connectivity index (χ1v) is 22.1. The summed E-state index contributed by atoms with van der Waals surface area (Å²) in [6.07, 6.45) is 7.43. The SMILES string of the molecule is CCS(=N)(=O)c1ccc(-n2ccn(-c3c4c(nn3-c3cc(C)c(F)c(C)c3)CCN(C(=O)c3cc5cc(C6CCOCC6)ccc5n3Cc3ccnn3C)[C@H]4C)c2=O)cc1. The van der Waals surface area contributed by atoms with E-state index in [9.17, 15) is 9.00 Å². The highest BCUT2D eigenvalue weighted by Gasteiger charge is 2.37. The fourth-order valence-electron chi connectivity index (χ4n) is 8.90. The van der Waals surface area contributed by atoms with Crippen LogP contribution in [0.5, 0.6) is 0 Å². The highest BCUT2D eigenvalue weighted by molar-refractivity contribution is 7.92. The van der Waals surface area contributed by atoms with Gasteiger partial charge in [0.05, 0.1) is 45.1 Å². The summed E-state index contributed by atoms with van der Waals surface area (Å²) in [6, 6.07) is 20.0. The van der Waals surface area contributed by atoms with Crippen LogP contribution in [0.1, 0.15) is 82.8 Å². The Hall–Kier alpha value is -6.06. The average Bonchev–Trinajstić information content (AvgIpc) is 4.04. The zero-order valence-corrected chi connectivity index (χ0v) is 35.2. The minimum Gasteiger partial charge on any atom is -0.381 e. The van der Waals surface area contributed by atoms with Gasteiger partial charge in [0.1, 0.15) is 17.3 Å². The summed E-state index contributed by atoms with van der Waals surface area (Å²) in [5, 5.41) is 10.5. The van der Waals surface area contributed by atoms with E-state index >= 15 is 9.18 Å². The normalized spacial score (nSPS) is 17.0. The van der Waals surface area contributed by atoms with Gasteiger partial charge in [-0.25, -0.2) is 22.9 Å². The first kappa shape index (κ1) is 39.4. The van der Waals surface area contributed by atoms with Gasteiger partial charge in [-0.2, -0.15) is 10.2 Å². The number of hydrogen-bond donors (Lipinski definition) is 1. The molecule has 1 N–H and O–H groups in total. The van der Waals surface area contributed by atoms with E-state index in [0.29, 0.717) is 64.3 Å². The lowest BCUT2D eigenvalue weighted by Gasteiger charge is -2.34. The number of nitrogens with one attached hydrogen (secondary N) is 1. The summed E-state index contributed by atoms with van der Waals surface area (Å²) in [4.78, 5) is 31.9. The van der Waals surface area contributed by atoms with Crippen LogP contribution in [-0.4, -0.2) is 73.8 Å². The summed E-state index contributed by atoms with van der Waals surface area (Å²) < 4.78 is 50.2. The summed E-state index contributed by atoms with van der Waals surface area (Å²) in [6.45, 7) is 9.40. The van der Waals surface area contributed by atoms with Crippen LogP contribution in [0.4, 0.5) is 4.39 Å². The Bertz CT molecular complexity index is 2940. The van der Waals surface area contributed by atoms with Crippen LogP contribution in [0.15, 0.2) is 95.0 Å². The van der Waals surface area contributed by atoms with Gasteiger partial charge in [-0.3, -0.25) is 18.6 Å². The average molecular weight is 830 g/mol. The molecule has 1 amide bonds. The molecule has 0 radical (unpaired) electrons. The van der Waals surface area contributed by atoms with Crippen LogP contribution in [0.2, 0.25) is 0 Å². The van der Waals surface area contributed by atoms with E-state index < -0.39 is 21.5 Å². The molecule has 15 heteroatoms. The summed E-state index contributed by atoms with van der Waals surface area (Å²) in [5.74, 6) is 0.580. The topological polar surface area (TPSA) is 138 Å². The predicted octanol–water partition coefficient (Wildman–Crippen LogP) is 7.39. The Morgan fingerprint density at radius 2 is 1.68 bits per heavy atom. The third-order valence-electron chi connectivity index (χ3n) is 12.4. The minimum atomic E-state index is -2.94. The Morgan fingerprint density at radius 1 is 0.967 bits per heavy atom. The largest absolute Gasteiger partial charge is 0.381 e. The van der Waals surface area contributed by atoms with Crippen molar-refractivity contribution in [3.8, 4) is 17.2 Å². The number of amides is 1. The van der Waals surface area contributed by atoms with E-state index in [1.807, 2.05) is 35.7 Å². The molecule has 2 aliphatic heterocycles. The van der Waals surface area contributed by atoms with Crippen molar-refractivity contribution >= 4 is 26.5 Å². The second kappa shape index (κ2) is 15.2. The summed E-state index contributed by atoms with van der Waals surface area (Å²) in [5.41, 5.74) is 6.78. The summed E-state index contributed by atoms with van der Waals surface area (Å²) >= 11 is 0. The molecule has 0 saturated carbocycles. The number of carbonyl (C=O) groups excluding carboxylic acids is 1. The molecule has 1 fully saturated rings. The zero-order valence-electron chi connectivity index (χ0n) is 34.4. The Morgan fingerprint density at radius 3 is 2.37 bits per heavy atom. The monoisotopic (exact) mass is 829 g/mol. The zero-order chi connectivity index (χ0) is 42.0. The molecule has 1 saturated heterocycles. The predicted molar refractivity (Wildman–Crippen MR) is 228 cm³/mol. The fourth-order valence-corrected chi connectivity index (χ4v) is 9.81. The number of hydrogen-bond acceptors (Lipinski definition) is 7. The second-order valence-corrected chi connectivity index (χ2v) is 18.4. The molecule has 0 bridgehead atoms. The van der Waals surface area contributed by atoms with Crippen molar-refractivity contribution in [3.63, 3.8) is 0 Å². The quantitative estimate of drug-likeness (QED) is 0.161. The van der Waals surface area contributed by atoms with Crippen molar-refractivity contribution in [2.45, 2.75) is 70.4 Å². The van der Waals surface area contributed by atoms with Crippen molar-refractivity contribution in [1.29, 1.82) is 4.78 Å². The highest BCUT2D eigenvalue weighted by Crippen LogP contribution is 2.38. The molecule has 0 spiro atoms. The maximum atomic E-state index is 15.1. The molecular weight excluding hydrogens is 782 g/mol. The molecule has 2 atom stereocenters. The Labute approximate surface area is 347 Å². The van der Waals surface area contributed by atoms with Crippen LogP contribution in [0, 0.1) is 24.4 Å². The number of ether oxygens (including phenoxy) is 1. The molecule has 310 valence electrons. The van der Waals surface area contributed by atoms with Crippen molar-refractivity contribution in [3.05, 3.63) is 141 Å². The first-order chi connectivity index (χ1) is 28.8. The minimum absolute atomic E-state index is 0.144. The van der Waals surface area contributed by atoms with Gasteiger partial charge in [0.25, 0.3) is 5.91 Å². The van der Waals surface area contributed by atoms with E-state index in [2.05, 4.69) is 27.9 Å². The lowest BCUT2D eigenvalue weighted by Crippen LogP contribution is -2.40. The van der Waals surface area contributed by atoms with Crippen LogP contribution >= 0.6 is 0 Å². The number of benzene rings is 3. The van der Waals surface area contributed by atoms with Crippen LogP contribution in [-0.2, 0) is 34.5 Å². The summed E-state index contributed by atoms with van der Waals surface area (Å²) in [7, 11) is -1.04. The molecular formula is C45H48FN9O4S. The van der Waals surface area contributed by atoms with E-state index in [-0.39, 0.29) is 17.5 Å². The van der Waals surface area contributed by atoms with E-state index in [4.69, 9.17) is 14.6 Å². The van der Waals surface area contributed by atoms with Gasteiger partial charge < -0.3 is 14.2 Å². The number of fused-ring (bicyclic) bond motifs is 2. The molecule has 9 rings (SSSR count). The molecule has 3 aromatic carbocycles. The molecule has 0 aliphatic carbocycles. The van der Waals surface area contributed by atoms with Gasteiger partial charge in [0.2, 0.25) is 0 Å². The van der Waals surface area contributed by atoms with Gasteiger partial charge in [-0.05, 0) is 117 Å². The number of halogens is 1. The molecule has 13 nitrogen and oxygen atoms in total. The molecule has 1 unspecified atom stereocenters. The molecule has 60 heavy (non-hydrogen) atoms. The molecule has 6 heterocycles. The van der Waals surface area contributed by atoms with E-state index in [0.717, 1.165) is 53.9 Å². The fraction of sp³-hybridized carbons (Fsp3) is 0.333. The lowest BCUT2D eigenvalue weighted by molar-refractivity contribution is 0.0667. The smallest absolute Gasteiger partial charge is 0.338 e. The Kier molecular flexibility index (Phi) is 9.98. The van der Waals surface area contributed by atoms with Gasteiger partial charge in [0, 0.05) is 78.9 Å². The van der Waals surface area contributed by atoms with Crippen LogP contribution in [0.25, 0.3) is 28.1 Å². The number of aryl methyl sites for hydroxylation is 3. The lowest BCUT2D eigenvalue weighted by atomic mass is 9.91. The molecule has 2 aliphatic rings. The number of carbonyl (C=O) groups is 1. The van der Waals surface area contributed by atoms with Crippen molar-refractivity contribution in [2.75, 3.05) is 25.5 Å². The highest BCUT2D eigenvalue weighted by atomic mass is 32.2. The first-order valence-electron chi connectivity index (χ1n) is 20.4. The van der Waals surface area contributed by atoms with Gasteiger partial charge in [-0.15, -0.1) is 0 Å². The number of rotatable bonds is 9. The van der Waals surface area contributed by atoms with Crippen molar-refractivity contribution in [2.24, 2.45) is 7.05 Å². The van der Waals surface area contributed by atoms with E-state index in [1.165, 1.54) is 14.7 Å². The van der Waals surface area contributed by atoms with Crippen LogP contribution in [0.3, 0.4) is 0 Å². The van der Waals surface area contributed by atoms with Gasteiger partial charge in [0.15, 0.2) is 0 Å². The van der Waals surface area contributed by atoms with Crippen LogP contribution < -0.4 is 5.69 Å². The maximum Gasteiger partial charge on any atom is 0.338 e. The maximum absolute atomic E-state index is 15.1. The Balaban J connectivity index is 1.15.